The van der Waals surface area contributed by atoms with Gasteiger partial charge in [-0.05, 0) is 5.90 Å². The number of aliphatic carboxylic acids is 1. The summed E-state index contributed by atoms with van der Waals surface area (Å²) in [6, 6.07) is 0. The van der Waals surface area contributed by atoms with Crippen molar-refractivity contribution >= 4 is 11.9 Å². The monoisotopic (exact) mass is 281 g/mol. The normalized spacial score (nSPS) is 14.1. The molecule has 0 aliphatic carbocycles. The number of rotatable bonds is 6. The number of carboxylic acid groups (broad SMARTS) is 1. The van der Waals surface area contributed by atoms with E-state index in [0.717, 1.165) is 0 Å². The fourth-order valence-corrected chi connectivity index (χ4v) is 0.765. The first-order chi connectivity index (χ1) is 6.81. The van der Waals surface area contributed by atoms with Crippen LogP contribution in [-0.2, 0) is 24.3 Å². The Morgan fingerprint density at radius 1 is 1.44 bits per heavy atom. The summed E-state index contributed by atoms with van der Waals surface area (Å²) >= 11 is 0. The molecule has 0 bridgehead atoms. The van der Waals surface area contributed by atoms with Crippen LogP contribution in [0.5, 0.6) is 0 Å². The molecule has 88 valence electrons. The number of carboxylic acids is 1. The smallest absolute Gasteiger partial charge is 0.860 e. The first kappa shape index (κ1) is 17.9. The second-order valence-corrected chi connectivity index (χ2v) is 3.89. The van der Waals surface area contributed by atoms with Gasteiger partial charge in [-0.2, -0.15) is 0 Å². The van der Waals surface area contributed by atoms with Crippen molar-refractivity contribution in [2.75, 3.05) is 13.2 Å². The first-order valence-corrected chi connectivity index (χ1v) is 4.51. The molecule has 0 rings (SSSR count). The standard InChI is InChI=1S/C9H17NO5.Zn/c1-9(2,5-11)7(14)8(15)10-4-3-6(12)13;/h7,11,14H,3-5H2,1-2H3,(H,10,15)(H,12,13);/q;+2/p-2. The summed E-state index contributed by atoms with van der Waals surface area (Å²) in [5.41, 5.74) is -0.984. The SMILES string of the molecule is CC(C)(CO)C(O)C([O-])=NCCC(=O)[O-].[Zn+2]. The maximum atomic E-state index is 11.2. The topological polar surface area (TPSA) is 116 Å². The van der Waals surface area contributed by atoms with Gasteiger partial charge >= 0.3 is 19.5 Å². The second-order valence-electron chi connectivity index (χ2n) is 3.89. The van der Waals surface area contributed by atoms with Crippen LogP contribution in [0.1, 0.15) is 20.3 Å². The van der Waals surface area contributed by atoms with Crippen LogP contribution in [0.3, 0.4) is 0 Å². The van der Waals surface area contributed by atoms with Gasteiger partial charge in [0.05, 0.1) is 12.7 Å². The Morgan fingerprint density at radius 2 is 1.94 bits per heavy atom. The molecule has 16 heavy (non-hydrogen) atoms. The van der Waals surface area contributed by atoms with E-state index in [0.29, 0.717) is 0 Å². The Hall–Kier alpha value is -0.517. The Balaban J connectivity index is 0. The fraction of sp³-hybridized carbons (Fsp3) is 0.778. The summed E-state index contributed by atoms with van der Waals surface area (Å²) < 4.78 is 0. The van der Waals surface area contributed by atoms with Crippen molar-refractivity contribution in [3.63, 3.8) is 0 Å². The van der Waals surface area contributed by atoms with Crippen LogP contribution in [0.15, 0.2) is 4.99 Å². The first-order valence-electron chi connectivity index (χ1n) is 4.51. The number of carbonyl (C=O) groups excluding carboxylic acids is 1. The second kappa shape index (κ2) is 7.71. The fourth-order valence-electron chi connectivity index (χ4n) is 0.765. The number of nitrogens with zero attached hydrogens (tertiary/aromatic N) is 1. The van der Waals surface area contributed by atoms with Gasteiger partial charge < -0.3 is 30.2 Å². The molecule has 0 heterocycles. The van der Waals surface area contributed by atoms with E-state index in [2.05, 4.69) is 4.99 Å². The molecule has 0 fully saturated rings. The van der Waals surface area contributed by atoms with Gasteiger partial charge in [-0.25, -0.2) is 0 Å². The zero-order chi connectivity index (χ0) is 12.1. The van der Waals surface area contributed by atoms with Gasteiger partial charge in [-0.15, -0.1) is 0 Å². The van der Waals surface area contributed by atoms with Gasteiger partial charge in [-0.1, -0.05) is 13.8 Å². The van der Waals surface area contributed by atoms with E-state index in [4.69, 9.17) is 5.11 Å². The number of hydrogen-bond donors (Lipinski definition) is 2. The van der Waals surface area contributed by atoms with Crippen molar-refractivity contribution in [3.8, 4) is 0 Å². The summed E-state index contributed by atoms with van der Waals surface area (Å²) in [5, 5.41) is 39.5. The van der Waals surface area contributed by atoms with Gasteiger partial charge in [-0.3, -0.25) is 0 Å². The molecule has 0 spiro atoms. The van der Waals surface area contributed by atoms with Crippen molar-refractivity contribution in [1.29, 1.82) is 0 Å². The Labute approximate surface area is 107 Å². The van der Waals surface area contributed by atoms with Gasteiger partial charge in [0.25, 0.3) is 0 Å². The van der Waals surface area contributed by atoms with Crippen molar-refractivity contribution in [2.45, 2.75) is 26.4 Å². The van der Waals surface area contributed by atoms with Crippen LogP contribution in [0, 0.1) is 5.41 Å². The van der Waals surface area contributed by atoms with Crippen LogP contribution >= 0.6 is 0 Å². The minimum atomic E-state index is -1.43. The van der Waals surface area contributed by atoms with E-state index in [1.165, 1.54) is 13.8 Å². The van der Waals surface area contributed by atoms with Crippen LogP contribution in [0.2, 0.25) is 0 Å². The van der Waals surface area contributed by atoms with E-state index < -0.39 is 23.4 Å². The molecule has 0 aliphatic heterocycles. The zero-order valence-electron chi connectivity index (χ0n) is 9.47. The molecular weight excluding hydrogens is 267 g/mol. The molecule has 0 aromatic rings. The maximum Gasteiger partial charge on any atom is 2.00 e. The summed E-state index contributed by atoms with van der Waals surface area (Å²) in [4.78, 5) is 13.4. The third-order valence-electron chi connectivity index (χ3n) is 1.97. The summed E-state index contributed by atoms with van der Waals surface area (Å²) in [6.07, 6.45) is -1.79. The Kier molecular flexibility index (Phi) is 8.61. The summed E-state index contributed by atoms with van der Waals surface area (Å²) in [5.74, 6) is -2.13. The number of aliphatic hydroxyl groups is 2. The third kappa shape index (κ3) is 6.15. The van der Waals surface area contributed by atoms with Crippen molar-refractivity contribution in [3.05, 3.63) is 0 Å². The molecule has 0 aromatic carbocycles. The molecule has 6 nitrogen and oxygen atoms in total. The largest absolute Gasteiger partial charge is 2.00 e. The molecule has 0 aromatic heterocycles. The molecule has 1 unspecified atom stereocenters. The van der Waals surface area contributed by atoms with E-state index in [9.17, 15) is 20.1 Å². The third-order valence-corrected chi connectivity index (χ3v) is 1.97. The van der Waals surface area contributed by atoms with E-state index in [1.807, 2.05) is 0 Å². The molecule has 2 N–H and O–H groups in total. The van der Waals surface area contributed by atoms with E-state index in [-0.39, 0.29) is 39.1 Å². The Bertz CT molecular complexity index is 254. The van der Waals surface area contributed by atoms with Gasteiger partial charge in [0, 0.05) is 24.3 Å². The molecule has 7 heteroatoms. The molecule has 0 radical (unpaired) electrons. The van der Waals surface area contributed by atoms with E-state index in [1.54, 1.807) is 0 Å². The number of aliphatic hydroxyl groups excluding tert-OH is 2. The Morgan fingerprint density at radius 3 is 2.31 bits per heavy atom. The number of carbonyl (C=O) groups is 1. The minimum Gasteiger partial charge on any atom is -0.860 e. The zero-order valence-corrected chi connectivity index (χ0v) is 12.4. The van der Waals surface area contributed by atoms with Crippen LogP contribution in [0.25, 0.3) is 0 Å². The molecular formula is C9H15NO5Zn. The molecule has 0 aliphatic rings. The van der Waals surface area contributed by atoms with Crippen molar-refractivity contribution < 1.29 is 44.7 Å². The molecule has 0 saturated heterocycles. The average molecular weight is 283 g/mol. The summed E-state index contributed by atoms with van der Waals surface area (Å²) in [6.45, 7) is 2.42. The predicted molar refractivity (Wildman–Crippen MR) is 48.8 cm³/mol. The van der Waals surface area contributed by atoms with Crippen LogP contribution in [-0.4, -0.2) is 41.3 Å². The minimum absolute atomic E-state index is 0. The number of hydrogen-bond acceptors (Lipinski definition) is 6. The van der Waals surface area contributed by atoms with Crippen LogP contribution in [0.4, 0.5) is 0 Å². The van der Waals surface area contributed by atoms with Crippen molar-refractivity contribution in [2.24, 2.45) is 10.4 Å². The predicted octanol–water partition coefficient (Wildman–Crippen LogP) is -2.74. The van der Waals surface area contributed by atoms with Gasteiger partial charge in [0.15, 0.2) is 0 Å². The molecule has 0 saturated carbocycles. The number of aliphatic imine (C=N–C) groups is 1. The van der Waals surface area contributed by atoms with Crippen molar-refractivity contribution in [1.82, 2.24) is 0 Å². The quantitative estimate of drug-likeness (QED) is 0.311. The average Bonchev–Trinajstić information content (AvgIpc) is 2.15. The van der Waals surface area contributed by atoms with Gasteiger partial charge in [0.2, 0.25) is 0 Å². The van der Waals surface area contributed by atoms with E-state index >= 15 is 0 Å². The van der Waals surface area contributed by atoms with Gasteiger partial charge in [0.1, 0.15) is 0 Å². The van der Waals surface area contributed by atoms with Crippen LogP contribution < -0.4 is 10.2 Å². The molecule has 1 atom stereocenters. The maximum absolute atomic E-state index is 11.2. The summed E-state index contributed by atoms with van der Waals surface area (Å²) in [7, 11) is 0. The molecule has 0 amide bonds.